The lowest BCUT2D eigenvalue weighted by Gasteiger charge is -2.31. The SMILES string of the molecule is N#Cc1ccc(N2CC(=O)Nc3ccc(Br)cc32)cc1. The van der Waals surface area contributed by atoms with Gasteiger partial charge >= 0.3 is 0 Å². The van der Waals surface area contributed by atoms with Gasteiger partial charge in [0.05, 0.1) is 23.0 Å². The molecule has 0 saturated heterocycles. The van der Waals surface area contributed by atoms with E-state index in [-0.39, 0.29) is 12.5 Å². The van der Waals surface area contributed by atoms with E-state index in [0.717, 1.165) is 21.5 Å². The number of nitrogens with zero attached hydrogens (tertiary/aromatic N) is 2. The third-order valence-electron chi connectivity index (χ3n) is 3.13. The molecule has 0 radical (unpaired) electrons. The summed E-state index contributed by atoms with van der Waals surface area (Å²) in [7, 11) is 0. The number of amides is 1. The lowest BCUT2D eigenvalue weighted by Crippen LogP contribution is -2.34. The molecule has 20 heavy (non-hydrogen) atoms. The summed E-state index contributed by atoms with van der Waals surface area (Å²) in [5.74, 6) is -0.0517. The monoisotopic (exact) mass is 327 g/mol. The minimum Gasteiger partial charge on any atom is -0.330 e. The van der Waals surface area contributed by atoms with E-state index in [0.29, 0.717) is 5.56 Å². The van der Waals surface area contributed by atoms with Crippen molar-refractivity contribution in [2.24, 2.45) is 0 Å². The van der Waals surface area contributed by atoms with Gasteiger partial charge < -0.3 is 10.2 Å². The molecule has 0 atom stereocenters. The van der Waals surface area contributed by atoms with E-state index in [1.54, 1.807) is 12.1 Å². The largest absolute Gasteiger partial charge is 0.330 e. The quantitative estimate of drug-likeness (QED) is 0.873. The van der Waals surface area contributed by atoms with Crippen molar-refractivity contribution in [3.63, 3.8) is 0 Å². The van der Waals surface area contributed by atoms with E-state index >= 15 is 0 Å². The van der Waals surface area contributed by atoms with Crippen molar-refractivity contribution in [1.29, 1.82) is 5.26 Å². The first-order chi connectivity index (χ1) is 9.67. The van der Waals surface area contributed by atoms with Crippen LogP contribution in [0.25, 0.3) is 0 Å². The van der Waals surface area contributed by atoms with Crippen LogP contribution in [-0.4, -0.2) is 12.5 Å². The molecule has 0 saturated carbocycles. The van der Waals surface area contributed by atoms with Crippen molar-refractivity contribution in [2.75, 3.05) is 16.8 Å². The van der Waals surface area contributed by atoms with E-state index in [1.807, 2.05) is 35.2 Å². The first kappa shape index (κ1) is 12.7. The van der Waals surface area contributed by atoms with Gasteiger partial charge in [-0.05, 0) is 42.5 Å². The molecule has 1 N–H and O–H groups in total. The van der Waals surface area contributed by atoms with Gasteiger partial charge in [-0.1, -0.05) is 15.9 Å². The summed E-state index contributed by atoms with van der Waals surface area (Å²) < 4.78 is 0.950. The Morgan fingerprint density at radius 2 is 1.95 bits per heavy atom. The van der Waals surface area contributed by atoms with Crippen molar-refractivity contribution in [1.82, 2.24) is 0 Å². The van der Waals surface area contributed by atoms with Gasteiger partial charge in [0.15, 0.2) is 0 Å². The maximum atomic E-state index is 11.8. The number of hydrogen-bond donors (Lipinski definition) is 1. The van der Waals surface area contributed by atoms with Crippen molar-refractivity contribution >= 4 is 38.9 Å². The molecule has 2 aromatic carbocycles. The van der Waals surface area contributed by atoms with Crippen LogP contribution in [0.3, 0.4) is 0 Å². The van der Waals surface area contributed by atoms with Crippen LogP contribution < -0.4 is 10.2 Å². The smallest absolute Gasteiger partial charge is 0.244 e. The predicted molar refractivity (Wildman–Crippen MR) is 80.9 cm³/mol. The van der Waals surface area contributed by atoms with Gasteiger partial charge in [0, 0.05) is 10.2 Å². The molecule has 0 spiro atoms. The normalized spacial score (nSPS) is 13.4. The highest BCUT2D eigenvalue weighted by Crippen LogP contribution is 2.36. The minimum absolute atomic E-state index is 0.0517. The summed E-state index contributed by atoms with van der Waals surface area (Å²) in [4.78, 5) is 13.7. The van der Waals surface area contributed by atoms with Crippen molar-refractivity contribution < 1.29 is 4.79 Å². The van der Waals surface area contributed by atoms with Crippen molar-refractivity contribution in [3.8, 4) is 6.07 Å². The van der Waals surface area contributed by atoms with Crippen molar-refractivity contribution in [3.05, 3.63) is 52.5 Å². The Bertz CT molecular complexity index is 719. The summed E-state index contributed by atoms with van der Waals surface area (Å²) in [5.41, 5.74) is 3.21. The Labute approximate surface area is 124 Å². The minimum atomic E-state index is -0.0517. The Hall–Kier alpha value is -2.32. The fourth-order valence-electron chi connectivity index (χ4n) is 2.20. The molecule has 1 aliphatic heterocycles. The lowest BCUT2D eigenvalue weighted by atomic mass is 10.1. The molecular formula is C15H10BrN3O. The number of fused-ring (bicyclic) bond motifs is 1. The highest BCUT2D eigenvalue weighted by atomic mass is 79.9. The highest BCUT2D eigenvalue weighted by Gasteiger charge is 2.23. The number of anilines is 3. The van der Waals surface area contributed by atoms with Crippen LogP contribution in [0.15, 0.2) is 46.9 Å². The number of nitrogens with one attached hydrogen (secondary N) is 1. The Morgan fingerprint density at radius 3 is 2.65 bits per heavy atom. The standard InChI is InChI=1S/C15H10BrN3O/c16-11-3-6-13-14(7-11)19(9-15(20)18-13)12-4-1-10(8-17)2-5-12/h1-7H,9H2,(H,18,20). The second-order valence-corrected chi connectivity index (χ2v) is 5.37. The van der Waals surface area contributed by atoms with Gasteiger partial charge in [-0.2, -0.15) is 5.26 Å². The fraction of sp³-hybridized carbons (Fsp3) is 0.0667. The molecule has 0 aromatic heterocycles. The van der Waals surface area contributed by atoms with Gasteiger partial charge in [-0.15, -0.1) is 0 Å². The summed E-state index contributed by atoms with van der Waals surface area (Å²) in [6, 6.07) is 15.0. The molecule has 1 amide bonds. The fourth-order valence-corrected chi connectivity index (χ4v) is 2.55. The zero-order valence-electron chi connectivity index (χ0n) is 10.4. The van der Waals surface area contributed by atoms with E-state index in [4.69, 9.17) is 5.26 Å². The van der Waals surface area contributed by atoms with E-state index in [2.05, 4.69) is 27.3 Å². The van der Waals surface area contributed by atoms with Crippen LogP contribution >= 0.6 is 15.9 Å². The number of nitriles is 1. The molecule has 1 heterocycles. The first-order valence-electron chi connectivity index (χ1n) is 6.04. The molecule has 98 valence electrons. The zero-order valence-corrected chi connectivity index (χ0v) is 12.0. The van der Waals surface area contributed by atoms with Crippen LogP contribution in [0.2, 0.25) is 0 Å². The van der Waals surface area contributed by atoms with Crippen LogP contribution in [-0.2, 0) is 4.79 Å². The highest BCUT2D eigenvalue weighted by molar-refractivity contribution is 9.10. The Kier molecular flexibility index (Phi) is 3.17. The van der Waals surface area contributed by atoms with Gasteiger partial charge in [0.2, 0.25) is 5.91 Å². The average molecular weight is 328 g/mol. The molecule has 0 aliphatic carbocycles. The Balaban J connectivity index is 2.07. The third kappa shape index (κ3) is 2.26. The van der Waals surface area contributed by atoms with Crippen molar-refractivity contribution in [2.45, 2.75) is 0 Å². The average Bonchev–Trinajstić information content (AvgIpc) is 2.47. The molecule has 5 heteroatoms. The zero-order chi connectivity index (χ0) is 14.1. The topological polar surface area (TPSA) is 56.1 Å². The number of benzene rings is 2. The molecule has 4 nitrogen and oxygen atoms in total. The molecule has 0 bridgehead atoms. The number of carbonyl (C=O) groups excluding carboxylic acids is 1. The van der Waals surface area contributed by atoms with Gasteiger partial charge in [-0.25, -0.2) is 0 Å². The molecule has 3 rings (SSSR count). The van der Waals surface area contributed by atoms with Crippen LogP contribution in [0.1, 0.15) is 5.56 Å². The van der Waals surface area contributed by atoms with Gasteiger partial charge in [0.1, 0.15) is 6.54 Å². The van der Waals surface area contributed by atoms with Crippen LogP contribution in [0, 0.1) is 11.3 Å². The number of rotatable bonds is 1. The predicted octanol–water partition coefficient (Wildman–Crippen LogP) is 3.41. The molecular weight excluding hydrogens is 318 g/mol. The molecule has 0 fully saturated rings. The number of halogens is 1. The maximum Gasteiger partial charge on any atom is 0.244 e. The van der Waals surface area contributed by atoms with E-state index < -0.39 is 0 Å². The third-order valence-corrected chi connectivity index (χ3v) is 3.63. The van der Waals surface area contributed by atoms with E-state index in [1.165, 1.54) is 0 Å². The number of hydrogen-bond acceptors (Lipinski definition) is 3. The van der Waals surface area contributed by atoms with Gasteiger partial charge in [-0.3, -0.25) is 4.79 Å². The first-order valence-corrected chi connectivity index (χ1v) is 6.84. The Morgan fingerprint density at radius 1 is 1.20 bits per heavy atom. The van der Waals surface area contributed by atoms with Gasteiger partial charge in [0.25, 0.3) is 0 Å². The molecule has 2 aromatic rings. The molecule has 0 unspecified atom stereocenters. The van der Waals surface area contributed by atoms with E-state index in [9.17, 15) is 4.79 Å². The summed E-state index contributed by atoms with van der Waals surface area (Å²) in [6.07, 6.45) is 0. The summed E-state index contributed by atoms with van der Waals surface area (Å²) in [5, 5.41) is 11.7. The summed E-state index contributed by atoms with van der Waals surface area (Å²) >= 11 is 3.45. The number of carbonyl (C=O) groups is 1. The van der Waals surface area contributed by atoms with Crippen LogP contribution in [0.5, 0.6) is 0 Å². The maximum absolute atomic E-state index is 11.8. The van der Waals surface area contributed by atoms with Crippen LogP contribution in [0.4, 0.5) is 17.1 Å². The second-order valence-electron chi connectivity index (χ2n) is 4.45. The lowest BCUT2D eigenvalue weighted by molar-refractivity contribution is -0.115. The molecule has 1 aliphatic rings. The summed E-state index contributed by atoms with van der Waals surface area (Å²) in [6.45, 7) is 0.259. The second kappa shape index (κ2) is 4.99.